The van der Waals surface area contributed by atoms with Gasteiger partial charge in [-0.15, -0.1) is 6.58 Å². The number of benzene rings is 2. The number of carbonyl (C=O) groups excluding carboxylic acids is 1. The van der Waals surface area contributed by atoms with Crippen molar-refractivity contribution in [3.63, 3.8) is 0 Å². The number of hydrogen-bond donors (Lipinski definition) is 1. The van der Waals surface area contributed by atoms with Crippen molar-refractivity contribution in [2.24, 2.45) is 0 Å². The molecule has 0 bridgehead atoms. The van der Waals surface area contributed by atoms with Crippen LogP contribution >= 0.6 is 0 Å². The summed E-state index contributed by atoms with van der Waals surface area (Å²) in [5, 5.41) is 18.9. The second-order valence-corrected chi connectivity index (χ2v) is 10.9. The molecule has 0 radical (unpaired) electrons. The number of aliphatic hydroxyl groups is 1. The van der Waals surface area contributed by atoms with Crippen LogP contribution in [0.5, 0.6) is 11.5 Å². The molecule has 0 aliphatic heterocycles. The average molecular weight is 606 g/mol. The first-order valence-corrected chi connectivity index (χ1v) is 14.0. The van der Waals surface area contributed by atoms with Crippen LogP contribution in [0.3, 0.4) is 0 Å². The first-order valence-electron chi connectivity index (χ1n) is 14.0. The van der Waals surface area contributed by atoms with Gasteiger partial charge in [0.25, 0.3) is 0 Å². The predicted molar refractivity (Wildman–Crippen MR) is 165 cm³/mol. The van der Waals surface area contributed by atoms with Crippen LogP contribution in [0.1, 0.15) is 26.6 Å². The van der Waals surface area contributed by atoms with Gasteiger partial charge in [0.1, 0.15) is 29.9 Å². The lowest BCUT2D eigenvalue weighted by molar-refractivity contribution is 0.0550. The van der Waals surface area contributed by atoms with Crippen molar-refractivity contribution >= 4 is 33.7 Å². The molecular formula is C32H36FN5O6. The van der Waals surface area contributed by atoms with Gasteiger partial charge in [-0.25, -0.2) is 23.7 Å². The fraction of sp³-hybridized carbons (Fsp3) is 0.375. The number of fused-ring (bicyclic) bond motifs is 3. The van der Waals surface area contributed by atoms with E-state index in [-0.39, 0.29) is 44.4 Å². The van der Waals surface area contributed by atoms with Crippen molar-refractivity contribution < 1.29 is 33.2 Å². The minimum atomic E-state index is -0.815. The van der Waals surface area contributed by atoms with Crippen LogP contribution in [-0.2, 0) is 9.47 Å². The number of nitrogens with zero attached hydrogens (tertiary/aromatic N) is 5. The topological polar surface area (TPSA) is 132 Å². The number of aryl methyl sites for hydroxylation is 1. The van der Waals surface area contributed by atoms with Crippen LogP contribution in [0.4, 0.5) is 14.9 Å². The Kier molecular flexibility index (Phi) is 10.0. The summed E-state index contributed by atoms with van der Waals surface area (Å²) in [5.74, 6) is 0.504. The highest BCUT2D eigenvalue weighted by atomic mass is 19.1. The number of aromatic nitrogens is 3. The van der Waals surface area contributed by atoms with Gasteiger partial charge in [-0.05, 0) is 58.0 Å². The van der Waals surface area contributed by atoms with Crippen molar-refractivity contribution in [2.45, 2.75) is 33.3 Å². The molecule has 1 N–H and O–H groups in total. The number of anilines is 1. The fourth-order valence-electron chi connectivity index (χ4n) is 4.74. The van der Waals surface area contributed by atoms with Crippen molar-refractivity contribution in [1.82, 2.24) is 14.5 Å². The van der Waals surface area contributed by atoms with Gasteiger partial charge in [0.05, 0.1) is 42.1 Å². The lowest BCUT2D eigenvalue weighted by Gasteiger charge is -2.22. The number of aliphatic hydroxyl groups excluding tert-OH is 1. The Hall–Kier alpha value is -4.73. The predicted octanol–water partition coefficient (Wildman–Crippen LogP) is 5.39. The third-order valence-electron chi connectivity index (χ3n) is 6.38. The maximum atomic E-state index is 15.3. The van der Waals surface area contributed by atoms with E-state index in [0.717, 1.165) is 0 Å². The molecule has 12 heteroatoms. The van der Waals surface area contributed by atoms with Crippen LogP contribution < -0.4 is 14.4 Å². The quantitative estimate of drug-likeness (QED) is 0.165. The number of carbonyl (C=O) groups is 1. The van der Waals surface area contributed by atoms with Gasteiger partial charge in [0.2, 0.25) is 0 Å². The summed E-state index contributed by atoms with van der Waals surface area (Å²) in [7, 11) is 1.78. The van der Waals surface area contributed by atoms with Gasteiger partial charge in [-0.1, -0.05) is 6.08 Å². The first kappa shape index (κ1) is 32.2. The Morgan fingerprint density at radius 2 is 1.93 bits per heavy atom. The number of ether oxygens (including phenoxy) is 4. The molecule has 4 aromatic rings. The highest BCUT2D eigenvalue weighted by Crippen LogP contribution is 2.41. The van der Waals surface area contributed by atoms with Gasteiger partial charge >= 0.3 is 6.09 Å². The molecule has 2 aromatic heterocycles. The molecule has 0 atom stereocenters. The zero-order valence-corrected chi connectivity index (χ0v) is 25.5. The van der Waals surface area contributed by atoms with Gasteiger partial charge < -0.3 is 29.0 Å². The number of halogens is 1. The molecule has 0 unspecified atom stereocenters. The maximum Gasteiger partial charge on any atom is 0.420 e. The van der Waals surface area contributed by atoms with Gasteiger partial charge in [0.15, 0.2) is 23.8 Å². The Balaban J connectivity index is 1.99. The van der Waals surface area contributed by atoms with E-state index < -0.39 is 17.5 Å². The molecule has 0 spiro atoms. The number of likely N-dealkylation sites (N-methyl/N-ethyl adjacent to an activating group) is 1. The molecule has 0 saturated heterocycles. The van der Waals surface area contributed by atoms with Gasteiger partial charge in [0, 0.05) is 24.5 Å². The minimum Gasteiger partial charge on any atom is -0.487 e. The minimum absolute atomic E-state index is 0.0989. The van der Waals surface area contributed by atoms with E-state index in [1.54, 1.807) is 63.9 Å². The lowest BCUT2D eigenvalue weighted by Crippen LogP contribution is -2.28. The van der Waals surface area contributed by atoms with E-state index in [4.69, 9.17) is 29.0 Å². The highest BCUT2D eigenvalue weighted by Gasteiger charge is 2.29. The zero-order valence-electron chi connectivity index (χ0n) is 25.5. The van der Waals surface area contributed by atoms with Crippen molar-refractivity contribution in [3.05, 3.63) is 54.6 Å². The molecule has 0 aliphatic rings. The fourth-order valence-corrected chi connectivity index (χ4v) is 4.74. The van der Waals surface area contributed by atoms with Crippen LogP contribution in [-0.4, -0.2) is 78.0 Å². The molecule has 232 valence electrons. The molecule has 2 heterocycles. The summed E-state index contributed by atoms with van der Waals surface area (Å²) < 4.78 is 39.2. The van der Waals surface area contributed by atoms with Crippen LogP contribution in [0.2, 0.25) is 0 Å². The molecule has 4 rings (SSSR count). The van der Waals surface area contributed by atoms with E-state index in [1.807, 2.05) is 6.07 Å². The Morgan fingerprint density at radius 1 is 1.16 bits per heavy atom. The standard InChI is InChI=1S/C32H36FN5O6/c1-7-11-37(6)24-19-22(33)18-23-27-28(35-20(2)36-30(27)38(29(23)24)31(40)44-32(3,4)5)21-8-9-25(26(17-21)42-13-10-34)43-16-15-41-14-12-39/h7-9,17-19,39H,1,11-16H2,2-6H3. The second-order valence-electron chi connectivity index (χ2n) is 10.9. The van der Waals surface area contributed by atoms with E-state index in [2.05, 4.69) is 11.6 Å². The molecule has 2 aromatic carbocycles. The summed E-state index contributed by atoms with van der Waals surface area (Å²) >= 11 is 0. The SMILES string of the molecule is C=CCN(C)c1cc(F)cc2c3c(-c4ccc(OCCOCCO)c(OCC#N)c4)nc(C)nc3n(C(=O)OC(C)(C)C)c12. The Morgan fingerprint density at radius 3 is 2.61 bits per heavy atom. The van der Waals surface area contributed by atoms with Crippen LogP contribution in [0, 0.1) is 24.1 Å². The summed E-state index contributed by atoms with van der Waals surface area (Å²) in [4.78, 5) is 24.9. The summed E-state index contributed by atoms with van der Waals surface area (Å²) in [6, 6.07) is 9.76. The Bertz CT molecular complexity index is 1720. The lowest BCUT2D eigenvalue weighted by atomic mass is 10.0. The molecular weight excluding hydrogens is 569 g/mol. The normalized spacial score (nSPS) is 11.4. The molecule has 0 fully saturated rings. The highest BCUT2D eigenvalue weighted by molar-refractivity contribution is 6.19. The van der Waals surface area contributed by atoms with Crippen LogP contribution in [0.25, 0.3) is 33.2 Å². The average Bonchev–Trinajstić information content (AvgIpc) is 3.28. The summed E-state index contributed by atoms with van der Waals surface area (Å²) in [6.45, 7) is 11.4. The first-order chi connectivity index (χ1) is 21.0. The molecule has 11 nitrogen and oxygen atoms in total. The molecule has 0 saturated carbocycles. The zero-order chi connectivity index (χ0) is 32.0. The van der Waals surface area contributed by atoms with Crippen molar-refractivity contribution in [2.75, 3.05) is 51.5 Å². The third kappa shape index (κ3) is 7.07. The van der Waals surface area contributed by atoms with E-state index in [9.17, 15) is 10.1 Å². The van der Waals surface area contributed by atoms with E-state index >= 15 is 4.39 Å². The second kappa shape index (κ2) is 13.7. The number of rotatable bonds is 12. The molecule has 0 amide bonds. The number of hydrogen-bond acceptors (Lipinski definition) is 10. The molecule has 44 heavy (non-hydrogen) atoms. The van der Waals surface area contributed by atoms with Crippen molar-refractivity contribution in [3.8, 4) is 28.8 Å². The summed E-state index contributed by atoms with van der Waals surface area (Å²) in [5.41, 5.74) is 1.26. The van der Waals surface area contributed by atoms with Gasteiger partial charge in [-0.3, -0.25) is 0 Å². The monoisotopic (exact) mass is 605 g/mol. The number of nitriles is 1. The largest absolute Gasteiger partial charge is 0.487 e. The Labute approximate surface area is 255 Å². The van der Waals surface area contributed by atoms with Crippen molar-refractivity contribution in [1.29, 1.82) is 5.26 Å². The van der Waals surface area contributed by atoms with Crippen LogP contribution in [0.15, 0.2) is 43.0 Å². The smallest absolute Gasteiger partial charge is 0.420 e. The third-order valence-corrected chi connectivity index (χ3v) is 6.38. The van der Waals surface area contributed by atoms with E-state index in [1.165, 1.54) is 16.7 Å². The van der Waals surface area contributed by atoms with E-state index in [0.29, 0.717) is 51.4 Å². The van der Waals surface area contributed by atoms with Gasteiger partial charge in [-0.2, -0.15) is 5.26 Å². The molecule has 0 aliphatic carbocycles. The maximum absolute atomic E-state index is 15.3. The summed E-state index contributed by atoms with van der Waals surface area (Å²) in [6.07, 6.45) is 1.00.